The van der Waals surface area contributed by atoms with Gasteiger partial charge in [-0.3, -0.25) is 9.59 Å². The van der Waals surface area contributed by atoms with Crippen LogP contribution in [-0.4, -0.2) is 58.8 Å². The third-order valence-corrected chi connectivity index (χ3v) is 7.08. The van der Waals surface area contributed by atoms with Crippen molar-refractivity contribution in [1.29, 1.82) is 0 Å². The molecule has 5 rings (SSSR count). The highest BCUT2D eigenvalue weighted by Crippen LogP contribution is 2.25. The predicted octanol–water partition coefficient (Wildman–Crippen LogP) is 5.22. The number of nitrogens with zero attached hydrogens (tertiary/aromatic N) is 4. The minimum Gasteiger partial charge on any atom is -0.411 e. The molecule has 3 aromatic carbocycles. The molecule has 1 N–H and O–H groups in total. The lowest BCUT2D eigenvalue weighted by Gasteiger charge is -2.36. The summed E-state index contributed by atoms with van der Waals surface area (Å²) >= 11 is 7.05. The number of benzene rings is 3. The quantitative estimate of drug-likeness (QED) is 0.315. The third kappa shape index (κ3) is 6.15. The van der Waals surface area contributed by atoms with Gasteiger partial charge in [0.15, 0.2) is 0 Å². The highest BCUT2D eigenvalue weighted by Gasteiger charge is 2.24. The van der Waals surface area contributed by atoms with Crippen molar-refractivity contribution in [2.24, 2.45) is 0 Å². The molecule has 0 aliphatic carbocycles. The molecule has 1 fully saturated rings. The summed E-state index contributed by atoms with van der Waals surface area (Å²) in [6.45, 7) is 2.26. The highest BCUT2D eigenvalue weighted by molar-refractivity contribution is 7.99. The van der Waals surface area contributed by atoms with Crippen LogP contribution in [0.15, 0.2) is 82.4 Å². The van der Waals surface area contributed by atoms with Gasteiger partial charge in [0, 0.05) is 48.1 Å². The van der Waals surface area contributed by atoms with Crippen molar-refractivity contribution in [1.82, 2.24) is 15.1 Å². The van der Waals surface area contributed by atoms with E-state index >= 15 is 0 Å². The van der Waals surface area contributed by atoms with Gasteiger partial charge in [-0.15, -0.1) is 10.2 Å². The van der Waals surface area contributed by atoms with Crippen LogP contribution in [-0.2, 0) is 4.79 Å². The first-order valence-electron chi connectivity index (χ1n) is 11.9. The molecule has 38 heavy (non-hydrogen) atoms. The molecule has 1 aliphatic heterocycles. The van der Waals surface area contributed by atoms with Crippen LogP contribution in [0, 0.1) is 5.82 Å². The van der Waals surface area contributed by atoms with Crippen LogP contribution in [0.4, 0.5) is 15.8 Å². The Labute approximate surface area is 227 Å². The van der Waals surface area contributed by atoms with Gasteiger partial charge < -0.3 is 19.5 Å². The van der Waals surface area contributed by atoms with Crippen molar-refractivity contribution in [2.75, 3.05) is 42.1 Å². The molecule has 8 nitrogen and oxygen atoms in total. The molecule has 0 spiro atoms. The standard InChI is InChI=1S/C27H23ClFN5O3S/c28-19-7-5-18(6-8-19)25-31-32-27(37-25)38-17-24(35)30-20-9-11-21(12-10-20)33-13-15-34(16-14-33)26(36)22-3-1-2-4-23(22)29/h1-12H,13-17H2,(H,30,35). The fourth-order valence-electron chi connectivity index (χ4n) is 4.03. The Hall–Kier alpha value is -3.89. The molecular formula is C27H23ClFN5O3S. The largest absolute Gasteiger partial charge is 0.411 e. The Bertz CT molecular complexity index is 1420. The summed E-state index contributed by atoms with van der Waals surface area (Å²) < 4.78 is 19.6. The number of amides is 2. The highest BCUT2D eigenvalue weighted by atomic mass is 35.5. The first-order chi connectivity index (χ1) is 18.5. The van der Waals surface area contributed by atoms with Gasteiger partial charge in [0.05, 0.1) is 11.3 Å². The second-order valence-corrected chi connectivity index (χ2v) is 9.89. The SMILES string of the molecule is O=C(CSc1nnc(-c2ccc(Cl)cc2)o1)Nc1ccc(N2CCN(C(=O)c3ccccc3F)CC2)cc1. The van der Waals surface area contributed by atoms with Crippen molar-refractivity contribution < 1.29 is 18.4 Å². The lowest BCUT2D eigenvalue weighted by Crippen LogP contribution is -2.49. The summed E-state index contributed by atoms with van der Waals surface area (Å²) in [7, 11) is 0. The molecule has 1 aliphatic rings. The number of carbonyl (C=O) groups is 2. The van der Waals surface area contributed by atoms with Gasteiger partial charge in [0.1, 0.15) is 5.82 Å². The normalized spacial score (nSPS) is 13.4. The van der Waals surface area contributed by atoms with Crippen molar-refractivity contribution in [2.45, 2.75) is 5.22 Å². The molecule has 2 heterocycles. The molecule has 0 saturated carbocycles. The Morgan fingerprint density at radius 3 is 2.37 bits per heavy atom. The molecular weight excluding hydrogens is 529 g/mol. The van der Waals surface area contributed by atoms with Gasteiger partial charge >= 0.3 is 0 Å². The van der Waals surface area contributed by atoms with Gasteiger partial charge in [0.2, 0.25) is 11.8 Å². The number of halogens is 2. The average Bonchev–Trinajstić information content (AvgIpc) is 3.42. The molecule has 1 aromatic heterocycles. The van der Waals surface area contributed by atoms with Crippen LogP contribution in [0.25, 0.3) is 11.5 Å². The number of carbonyl (C=O) groups excluding carboxylic acids is 2. The summed E-state index contributed by atoms with van der Waals surface area (Å²) in [4.78, 5) is 28.9. The van der Waals surface area contributed by atoms with Gasteiger partial charge in [-0.25, -0.2) is 4.39 Å². The van der Waals surface area contributed by atoms with E-state index in [1.165, 1.54) is 12.1 Å². The van der Waals surface area contributed by atoms with Crippen molar-refractivity contribution in [3.63, 3.8) is 0 Å². The van der Waals surface area contributed by atoms with E-state index in [1.807, 2.05) is 24.3 Å². The van der Waals surface area contributed by atoms with E-state index in [-0.39, 0.29) is 23.1 Å². The van der Waals surface area contributed by atoms with E-state index < -0.39 is 5.82 Å². The lowest BCUT2D eigenvalue weighted by molar-refractivity contribution is -0.113. The lowest BCUT2D eigenvalue weighted by atomic mass is 10.1. The molecule has 0 unspecified atom stereocenters. The maximum absolute atomic E-state index is 14.0. The molecule has 4 aromatic rings. The van der Waals surface area contributed by atoms with E-state index in [2.05, 4.69) is 20.4 Å². The van der Waals surface area contributed by atoms with Crippen LogP contribution in [0.1, 0.15) is 10.4 Å². The number of thioether (sulfide) groups is 1. The molecule has 0 atom stereocenters. The summed E-state index contributed by atoms with van der Waals surface area (Å²) in [6.07, 6.45) is 0. The molecule has 0 radical (unpaired) electrons. The topological polar surface area (TPSA) is 91.6 Å². The van der Waals surface area contributed by atoms with E-state index in [0.29, 0.717) is 48.0 Å². The van der Waals surface area contributed by atoms with Crippen LogP contribution in [0.2, 0.25) is 5.02 Å². The number of piperazine rings is 1. The number of hydrogen-bond donors (Lipinski definition) is 1. The second kappa shape index (κ2) is 11.7. The predicted molar refractivity (Wildman–Crippen MR) is 145 cm³/mol. The molecule has 1 saturated heterocycles. The maximum Gasteiger partial charge on any atom is 0.277 e. The smallest absolute Gasteiger partial charge is 0.277 e. The summed E-state index contributed by atoms with van der Waals surface area (Å²) in [6, 6.07) is 20.6. The summed E-state index contributed by atoms with van der Waals surface area (Å²) in [5, 5.41) is 11.8. The number of nitrogens with one attached hydrogen (secondary N) is 1. The van der Waals surface area contributed by atoms with Crippen LogP contribution >= 0.6 is 23.4 Å². The van der Waals surface area contributed by atoms with E-state index in [4.69, 9.17) is 16.0 Å². The van der Waals surface area contributed by atoms with Crippen LogP contribution in [0.3, 0.4) is 0 Å². The molecule has 11 heteroatoms. The van der Waals surface area contributed by atoms with Gasteiger partial charge in [-0.2, -0.15) is 0 Å². The number of hydrogen-bond acceptors (Lipinski definition) is 7. The van der Waals surface area contributed by atoms with Crippen LogP contribution < -0.4 is 10.2 Å². The second-order valence-electron chi connectivity index (χ2n) is 8.52. The number of aromatic nitrogens is 2. The van der Waals surface area contributed by atoms with Gasteiger partial charge in [0.25, 0.3) is 11.1 Å². The summed E-state index contributed by atoms with van der Waals surface area (Å²) in [5.41, 5.74) is 2.49. The Balaban J connectivity index is 1.09. The van der Waals surface area contributed by atoms with Crippen LogP contribution in [0.5, 0.6) is 0 Å². The zero-order valence-corrected chi connectivity index (χ0v) is 21.7. The summed E-state index contributed by atoms with van der Waals surface area (Å²) in [5.74, 6) is -0.523. The van der Waals surface area contributed by atoms with Crippen molar-refractivity contribution in [3.8, 4) is 11.5 Å². The zero-order chi connectivity index (χ0) is 26.5. The monoisotopic (exact) mass is 551 g/mol. The first-order valence-corrected chi connectivity index (χ1v) is 13.2. The Morgan fingerprint density at radius 2 is 1.66 bits per heavy atom. The minimum atomic E-state index is -0.504. The van der Waals surface area contributed by atoms with E-state index in [0.717, 1.165) is 23.0 Å². The van der Waals surface area contributed by atoms with Crippen molar-refractivity contribution >= 4 is 46.6 Å². The van der Waals surface area contributed by atoms with Gasteiger partial charge in [-0.1, -0.05) is 35.5 Å². The zero-order valence-electron chi connectivity index (χ0n) is 20.1. The number of rotatable bonds is 7. The maximum atomic E-state index is 14.0. The van der Waals surface area contributed by atoms with Gasteiger partial charge in [-0.05, 0) is 60.7 Å². The fraction of sp³-hybridized carbons (Fsp3) is 0.185. The Morgan fingerprint density at radius 1 is 0.947 bits per heavy atom. The number of anilines is 2. The van der Waals surface area contributed by atoms with E-state index in [1.54, 1.807) is 41.3 Å². The third-order valence-electron chi connectivity index (χ3n) is 6.01. The first kappa shape index (κ1) is 25.7. The van der Waals surface area contributed by atoms with Crippen molar-refractivity contribution in [3.05, 3.63) is 89.2 Å². The molecule has 2 amide bonds. The minimum absolute atomic E-state index is 0.0975. The fourth-order valence-corrected chi connectivity index (χ4v) is 4.72. The van der Waals surface area contributed by atoms with E-state index in [9.17, 15) is 14.0 Å². The average molecular weight is 552 g/mol. The molecule has 194 valence electrons. The molecule has 0 bridgehead atoms. The Kier molecular flexibility index (Phi) is 7.90.